The van der Waals surface area contributed by atoms with Crippen molar-refractivity contribution in [2.45, 2.75) is 31.0 Å². The lowest BCUT2D eigenvalue weighted by Crippen LogP contribution is -2.46. The van der Waals surface area contributed by atoms with Crippen molar-refractivity contribution in [2.24, 2.45) is 0 Å². The van der Waals surface area contributed by atoms with Crippen LogP contribution in [0.5, 0.6) is 5.75 Å². The summed E-state index contributed by atoms with van der Waals surface area (Å²) >= 11 is 0. The molecule has 0 spiro atoms. The molecule has 0 saturated heterocycles. The van der Waals surface area contributed by atoms with E-state index in [1.165, 1.54) is 30.2 Å². The van der Waals surface area contributed by atoms with Crippen molar-refractivity contribution in [3.8, 4) is 5.75 Å². The van der Waals surface area contributed by atoms with E-state index < -0.39 is 35.5 Å². The van der Waals surface area contributed by atoms with Gasteiger partial charge < -0.3 is 18.8 Å². The van der Waals surface area contributed by atoms with Crippen molar-refractivity contribution in [1.29, 1.82) is 0 Å². The summed E-state index contributed by atoms with van der Waals surface area (Å²) in [7, 11) is 1.31. The van der Waals surface area contributed by atoms with Crippen molar-refractivity contribution in [3.05, 3.63) is 123 Å². The molecule has 3 unspecified atom stereocenters. The van der Waals surface area contributed by atoms with Gasteiger partial charge in [0, 0.05) is 29.5 Å². The third kappa shape index (κ3) is 4.48. The van der Waals surface area contributed by atoms with E-state index in [1.807, 2.05) is 24.3 Å². The highest BCUT2D eigenvalue weighted by Crippen LogP contribution is 2.47. The Kier molecular flexibility index (Phi) is 6.23. The average molecular weight is 526 g/mol. The van der Waals surface area contributed by atoms with Crippen LogP contribution in [0.3, 0.4) is 0 Å². The first kappa shape index (κ1) is 24.6. The minimum absolute atomic E-state index is 0.0608. The van der Waals surface area contributed by atoms with Crippen LogP contribution in [0, 0.1) is 5.82 Å². The van der Waals surface area contributed by atoms with E-state index in [0.29, 0.717) is 34.3 Å². The number of nitrogens with zero attached hydrogens (tertiary/aromatic N) is 1. The Hall–Kier alpha value is -4.72. The number of rotatable bonds is 5. The van der Waals surface area contributed by atoms with E-state index in [9.17, 15) is 18.8 Å². The Bertz CT molecular complexity index is 1670. The Labute approximate surface area is 223 Å². The van der Waals surface area contributed by atoms with Gasteiger partial charge >= 0.3 is 11.6 Å². The van der Waals surface area contributed by atoms with Crippen molar-refractivity contribution >= 4 is 22.8 Å². The van der Waals surface area contributed by atoms with Gasteiger partial charge in [0.25, 0.3) is 5.91 Å². The number of fused-ring (bicyclic) bond motifs is 4. The second-order valence-corrected chi connectivity index (χ2v) is 9.63. The second-order valence-electron chi connectivity index (χ2n) is 9.63. The zero-order valence-electron chi connectivity index (χ0n) is 21.0. The number of halogens is 1. The van der Waals surface area contributed by atoms with Gasteiger partial charge in [0.05, 0.1) is 19.1 Å². The summed E-state index contributed by atoms with van der Waals surface area (Å²) in [6.07, 6.45) is 1.66. The number of carbonyl (C=O) groups is 2. The molecule has 0 bridgehead atoms. The van der Waals surface area contributed by atoms with E-state index in [0.717, 1.165) is 5.56 Å². The molecule has 1 aromatic heterocycles. The van der Waals surface area contributed by atoms with Crippen LogP contribution >= 0.6 is 0 Å². The molecule has 0 N–H and O–H groups in total. The van der Waals surface area contributed by atoms with Gasteiger partial charge in [-0.25, -0.2) is 14.0 Å². The fraction of sp³-hybridized carbons (Fsp3) is 0.194. The SMILES string of the molecule is COC(=O)C1=CC(N(Cc2ccc(F)cc2)C(=O)c2cc3ccccc3oc2=O)CC2Oc3ccccc3C12. The summed E-state index contributed by atoms with van der Waals surface area (Å²) in [5, 5.41) is 0.603. The molecule has 4 aromatic rings. The third-order valence-corrected chi connectivity index (χ3v) is 7.31. The summed E-state index contributed by atoms with van der Waals surface area (Å²) in [6.45, 7) is 0.0608. The Morgan fingerprint density at radius 3 is 2.56 bits per heavy atom. The number of hydrogen-bond acceptors (Lipinski definition) is 6. The van der Waals surface area contributed by atoms with Gasteiger partial charge in [-0.05, 0) is 35.9 Å². The lowest BCUT2D eigenvalue weighted by molar-refractivity contribution is -0.136. The van der Waals surface area contributed by atoms with Crippen molar-refractivity contribution in [3.63, 3.8) is 0 Å². The van der Waals surface area contributed by atoms with Crippen LogP contribution < -0.4 is 10.4 Å². The molecule has 39 heavy (non-hydrogen) atoms. The van der Waals surface area contributed by atoms with Crippen LogP contribution in [0.15, 0.2) is 99.7 Å². The highest BCUT2D eigenvalue weighted by Gasteiger charge is 2.45. The fourth-order valence-corrected chi connectivity index (χ4v) is 5.47. The van der Waals surface area contributed by atoms with E-state index in [4.69, 9.17) is 13.9 Å². The van der Waals surface area contributed by atoms with Gasteiger partial charge in [0.2, 0.25) is 0 Å². The molecule has 0 fully saturated rings. The predicted molar refractivity (Wildman–Crippen MR) is 141 cm³/mol. The molecule has 3 atom stereocenters. The molecule has 8 heteroatoms. The van der Waals surface area contributed by atoms with Crippen molar-refractivity contribution < 1.29 is 27.9 Å². The molecule has 0 saturated carbocycles. The van der Waals surface area contributed by atoms with E-state index in [-0.39, 0.29) is 18.0 Å². The molecular weight excluding hydrogens is 501 g/mol. The van der Waals surface area contributed by atoms with Crippen molar-refractivity contribution in [2.75, 3.05) is 7.11 Å². The topological polar surface area (TPSA) is 86.0 Å². The molecule has 196 valence electrons. The molecule has 1 aliphatic carbocycles. The predicted octanol–water partition coefficient (Wildman–Crippen LogP) is 4.99. The monoisotopic (exact) mass is 525 g/mol. The summed E-state index contributed by atoms with van der Waals surface area (Å²) in [5.74, 6) is -1.17. The molecule has 0 radical (unpaired) electrons. The Morgan fingerprint density at radius 1 is 1.03 bits per heavy atom. The van der Waals surface area contributed by atoms with Crippen LogP contribution in [0.2, 0.25) is 0 Å². The quantitative estimate of drug-likeness (QED) is 0.270. The van der Waals surface area contributed by atoms with E-state index >= 15 is 0 Å². The number of amides is 1. The van der Waals surface area contributed by atoms with Crippen LogP contribution in [0.4, 0.5) is 4.39 Å². The van der Waals surface area contributed by atoms with Crippen LogP contribution in [-0.2, 0) is 16.1 Å². The molecule has 6 rings (SSSR count). The highest BCUT2D eigenvalue weighted by atomic mass is 19.1. The molecule has 1 aliphatic heterocycles. The summed E-state index contributed by atoms with van der Waals surface area (Å²) in [4.78, 5) is 41.4. The number of benzene rings is 3. The molecule has 2 heterocycles. The van der Waals surface area contributed by atoms with Gasteiger partial charge in [0.15, 0.2) is 0 Å². The zero-order chi connectivity index (χ0) is 27.1. The minimum atomic E-state index is -0.766. The lowest BCUT2D eigenvalue weighted by Gasteiger charge is -2.36. The average Bonchev–Trinajstić information content (AvgIpc) is 3.34. The number of hydrogen-bond donors (Lipinski definition) is 0. The maximum absolute atomic E-state index is 14.0. The van der Waals surface area contributed by atoms with Crippen LogP contribution in [0.25, 0.3) is 11.0 Å². The number of methoxy groups -OCH3 is 1. The maximum Gasteiger partial charge on any atom is 0.349 e. The molecule has 1 amide bonds. The van der Waals surface area contributed by atoms with Gasteiger partial charge in [-0.15, -0.1) is 0 Å². The molecule has 2 aliphatic rings. The Morgan fingerprint density at radius 2 is 1.77 bits per heavy atom. The minimum Gasteiger partial charge on any atom is -0.489 e. The summed E-state index contributed by atoms with van der Waals surface area (Å²) in [5.41, 5.74) is 1.38. The first-order valence-electron chi connectivity index (χ1n) is 12.6. The molecule has 7 nitrogen and oxygen atoms in total. The Balaban J connectivity index is 1.44. The normalized spacial score (nSPS) is 19.4. The number of esters is 1. The maximum atomic E-state index is 14.0. The smallest absolute Gasteiger partial charge is 0.349 e. The van der Waals surface area contributed by atoms with Crippen molar-refractivity contribution in [1.82, 2.24) is 4.90 Å². The standard InChI is InChI=1S/C31H24FNO6/c1-37-30(35)23-15-21(16-27-28(23)22-7-3-5-9-26(22)38-27)33(17-18-10-12-20(32)13-11-18)29(34)24-14-19-6-2-4-8-25(19)39-31(24)36/h2-15,21,27-28H,16-17H2,1H3. The zero-order valence-corrected chi connectivity index (χ0v) is 21.0. The lowest BCUT2D eigenvalue weighted by atomic mass is 9.79. The first-order chi connectivity index (χ1) is 18.9. The summed E-state index contributed by atoms with van der Waals surface area (Å²) in [6, 6.07) is 21.1. The first-order valence-corrected chi connectivity index (χ1v) is 12.6. The largest absolute Gasteiger partial charge is 0.489 e. The van der Waals surface area contributed by atoms with E-state index in [1.54, 1.807) is 42.5 Å². The van der Waals surface area contributed by atoms with E-state index in [2.05, 4.69) is 0 Å². The highest BCUT2D eigenvalue weighted by molar-refractivity contribution is 5.97. The van der Waals surface area contributed by atoms with Gasteiger partial charge in [-0.1, -0.05) is 54.6 Å². The number of ether oxygens (including phenoxy) is 2. The third-order valence-electron chi connectivity index (χ3n) is 7.31. The van der Waals surface area contributed by atoms with Gasteiger partial charge in [0.1, 0.15) is 28.8 Å². The fourth-order valence-electron chi connectivity index (χ4n) is 5.47. The van der Waals surface area contributed by atoms with Crippen LogP contribution in [-0.4, -0.2) is 36.0 Å². The number of para-hydroxylation sites is 2. The molecule has 3 aromatic carbocycles. The second kappa shape index (κ2) is 9.87. The summed E-state index contributed by atoms with van der Waals surface area (Å²) < 4.78 is 30.4. The molecular formula is C31H24FNO6. The van der Waals surface area contributed by atoms with Crippen LogP contribution in [0.1, 0.15) is 33.8 Å². The number of carbonyl (C=O) groups excluding carboxylic acids is 2. The van der Waals surface area contributed by atoms with Gasteiger partial charge in [-0.2, -0.15) is 0 Å². The van der Waals surface area contributed by atoms with Gasteiger partial charge in [-0.3, -0.25) is 4.79 Å².